The van der Waals surface area contributed by atoms with Crippen LogP contribution in [0.5, 0.6) is 0 Å². The number of hydrogen-bond acceptors (Lipinski definition) is 6. The zero-order valence-corrected chi connectivity index (χ0v) is 14.2. The van der Waals surface area contributed by atoms with E-state index in [2.05, 4.69) is 20.2 Å². The minimum Gasteiger partial charge on any atom is -0.472 e. The van der Waals surface area contributed by atoms with E-state index >= 15 is 0 Å². The fourth-order valence-electron chi connectivity index (χ4n) is 3.39. The van der Waals surface area contributed by atoms with Crippen LogP contribution in [0.25, 0.3) is 0 Å². The molecule has 0 aromatic carbocycles. The molecular formula is C18H21N5O2. The number of hydrogen-bond donors (Lipinski definition) is 0. The fourth-order valence-corrected chi connectivity index (χ4v) is 3.39. The molecule has 3 aromatic heterocycles. The Bertz CT molecular complexity index is 800. The van der Waals surface area contributed by atoms with Gasteiger partial charge in [0.2, 0.25) is 0 Å². The molecule has 0 radical (unpaired) electrons. The molecule has 1 atom stereocenters. The number of aryl methyl sites for hydroxylation is 1. The lowest BCUT2D eigenvalue weighted by Crippen LogP contribution is -2.35. The summed E-state index contributed by atoms with van der Waals surface area (Å²) in [6, 6.07) is 5.95. The lowest BCUT2D eigenvalue weighted by molar-refractivity contribution is 0.0829. The van der Waals surface area contributed by atoms with Crippen molar-refractivity contribution in [2.75, 3.05) is 13.2 Å². The number of fused-ring (bicyclic) bond motifs is 1. The van der Waals surface area contributed by atoms with E-state index < -0.39 is 0 Å². The van der Waals surface area contributed by atoms with Gasteiger partial charge in [-0.1, -0.05) is 5.21 Å². The van der Waals surface area contributed by atoms with Crippen LogP contribution in [0.4, 0.5) is 0 Å². The van der Waals surface area contributed by atoms with Crippen LogP contribution in [-0.2, 0) is 31.5 Å². The molecule has 0 unspecified atom stereocenters. The van der Waals surface area contributed by atoms with E-state index in [0.29, 0.717) is 13.2 Å². The van der Waals surface area contributed by atoms with E-state index in [9.17, 15) is 0 Å². The van der Waals surface area contributed by atoms with Crippen molar-refractivity contribution in [3.05, 3.63) is 65.6 Å². The zero-order valence-electron chi connectivity index (χ0n) is 14.2. The van der Waals surface area contributed by atoms with Crippen LogP contribution in [0.1, 0.15) is 28.4 Å². The Kier molecular flexibility index (Phi) is 4.58. The molecule has 0 spiro atoms. The molecule has 0 aliphatic carbocycles. The van der Waals surface area contributed by atoms with Crippen LogP contribution in [0.3, 0.4) is 0 Å². The van der Waals surface area contributed by atoms with Crippen LogP contribution < -0.4 is 0 Å². The Morgan fingerprint density at radius 3 is 2.92 bits per heavy atom. The monoisotopic (exact) mass is 339 g/mol. The Labute approximate surface area is 146 Å². The standard InChI is InChI=1S/C18H21N5O2/c1-22-18-16(13-25-11-14-2-5-19-6-3-14)9-23(10-17(18)20-21-22)8-15-4-7-24-12-15/h2-7,12,16H,8-11,13H2,1H3/t16-/m1/s1. The first-order chi connectivity index (χ1) is 12.3. The van der Waals surface area contributed by atoms with Gasteiger partial charge in [-0.2, -0.15) is 0 Å². The summed E-state index contributed by atoms with van der Waals surface area (Å²) in [5.74, 6) is 0.248. The second-order valence-corrected chi connectivity index (χ2v) is 6.41. The van der Waals surface area contributed by atoms with Gasteiger partial charge in [-0.25, -0.2) is 0 Å². The van der Waals surface area contributed by atoms with Crippen LogP contribution in [0.2, 0.25) is 0 Å². The van der Waals surface area contributed by atoms with Gasteiger partial charge in [0.05, 0.1) is 31.4 Å². The lowest BCUT2D eigenvalue weighted by Gasteiger charge is -2.31. The third-order valence-electron chi connectivity index (χ3n) is 4.51. The molecule has 130 valence electrons. The molecule has 1 aliphatic heterocycles. The number of rotatable bonds is 6. The number of nitrogens with zero attached hydrogens (tertiary/aromatic N) is 5. The Balaban J connectivity index is 1.44. The first kappa shape index (κ1) is 16.0. The summed E-state index contributed by atoms with van der Waals surface area (Å²) in [5.41, 5.74) is 4.51. The van der Waals surface area contributed by atoms with Gasteiger partial charge < -0.3 is 9.15 Å². The highest BCUT2D eigenvalue weighted by molar-refractivity contribution is 5.20. The highest BCUT2D eigenvalue weighted by Crippen LogP contribution is 2.28. The summed E-state index contributed by atoms with van der Waals surface area (Å²) in [6.07, 6.45) is 7.08. The molecule has 0 fully saturated rings. The summed E-state index contributed by atoms with van der Waals surface area (Å²) in [5, 5.41) is 8.54. The predicted molar refractivity (Wildman–Crippen MR) is 90.5 cm³/mol. The first-order valence-corrected chi connectivity index (χ1v) is 8.38. The summed E-state index contributed by atoms with van der Waals surface area (Å²) in [7, 11) is 1.95. The van der Waals surface area contributed by atoms with Gasteiger partial charge in [0.25, 0.3) is 0 Å². The van der Waals surface area contributed by atoms with E-state index in [1.165, 1.54) is 11.3 Å². The van der Waals surface area contributed by atoms with Crippen molar-refractivity contribution in [3.8, 4) is 0 Å². The van der Waals surface area contributed by atoms with Gasteiger partial charge in [0, 0.05) is 50.6 Å². The predicted octanol–water partition coefficient (Wildman–Crippen LogP) is 2.12. The minimum atomic E-state index is 0.248. The summed E-state index contributed by atoms with van der Waals surface area (Å²) in [6.45, 7) is 3.78. The first-order valence-electron chi connectivity index (χ1n) is 8.38. The molecule has 3 aromatic rings. The molecule has 7 heteroatoms. The van der Waals surface area contributed by atoms with E-state index in [1.54, 1.807) is 24.9 Å². The molecule has 0 saturated carbocycles. The molecule has 4 heterocycles. The minimum absolute atomic E-state index is 0.248. The van der Waals surface area contributed by atoms with Gasteiger partial charge in [-0.05, 0) is 23.8 Å². The van der Waals surface area contributed by atoms with Crippen molar-refractivity contribution in [1.29, 1.82) is 0 Å². The normalized spacial score (nSPS) is 17.6. The van der Waals surface area contributed by atoms with E-state index in [-0.39, 0.29) is 5.92 Å². The third kappa shape index (κ3) is 3.62. The quantitative estimate of drug-likeness (QED) is 0.685. The molecule has 4 rings (SSSR count). The zero-order chi connectivity index (χ0) is 17.1. The fraction of sp³-hybridized carbons (Fsp3) is 0.389. The smallest absolute Gasteiger partial charge is 0.100 e. The Morgan fingerprint density at radius 1 is 1.24 bits per heavy atom. The third-order valence-corrected chi connectivity index (χ3v) is 4.51. The molecule has 0 N–H and O–H groups in total. The van der Waals surface area contributed by atoms with E-state index in [4.69, 9.17) is 9.15 Å². The van der Waals surface area contributed by atoms with Gasteiger partial charge in [-0.3, -0.25) is 14.6 Å². The highest BCUT2D eigenvalue weighted by atomic mass is 16.5. The second-order valence-electron chi connectivity index (χ2n) is 6.41. The molecule has 1 aliphatic rings. The van der Waals surface area contributed by atoms with Gasteiger partial charge in [-0.15, -0.1) is 5.10 Å². The summed E-state index contributed by atoms with van der Waals surface area (Å²) < 4.78 is 13.0. The number of pyridine rings is 1. The molecular weight excluding hydrogens is 318 g/mol. The van der Waals surface area contributed by atoms with Gasteiger partial charge in [0.15, 0.2) is 0 Å². The lowest BCUT2D eigenvalue weighted by atomic mass is 9.98. The van der Waals surface area contributed by atoms with Crippen molar-refractivity contribution in [1.82, 2.24) is 24.9 Å². The molecule has 25 heavy (non-hydrogen) atoms. The van der Waals surface area contributed by atoms with Crippen molar-refractivity contribution < 1.29 is 9.15 Å². The number of aromatic nitrogens is 4. The summed E-state index contributed by atoms with van der Waals surface area (Å²) in [4.78, 5) is 6.40. The van der Waals surface area contributed by atoms with Crippen molar-refractivity contribution in [3.63, 3.8) is 0 Å². The van der Waals surface area contributed by atoms with Crippen LogP contribution in [0, 0.1) is 0 Å². The van der Waals surface area contributed by atoms with E-state index in [0.717, 1.165) is 30.9 Å². The SMILES string of the molecule is Cn1nnc2c1[C@@H](COCc1ccncc1)CN(Cc1ccoc1)C2. The maximum absolute atomic E-state index is 5.98. The van der Waals surface area contributed by atoms with Crippen molar-refractivity contribution in [2.45, 2.75) is 25.6 Å². The maximum Gasteiger partial charge on any atom is 0.100 e. The molecule has 0 bridgehead atoms. The molecule has 0 amide bonds. The van der Waals surface area contributed by atoms with Gasteiger partial charge >= 0.3 is 0 Å². The van der Waals surface area contributed by atoms with Crippen LogP contribution in [0.15, 0.2) is 47.5 Å². The number of furan rings is 1. The average molecular weight is 339 g/mol. The van der Waals surface area contributed by atoms with Gasteiger partial charge in [0.1, 0.15) is 5.69 Å². The summed E-state index contributed by atoms with van der Waals surface area (Å²) >= 11 is 0. The van der Waals surface area contributed by atoms with E-state index in [1.807, 2.05) is 29.9 Å². The Hall–Kier alpha value is -2.51. The van der Waals surface area contributed by atoms with Crippen molar-refractivity contribution in [2.24, 2.45) is 7.05 Å². The second kappa shape index (κ2) is 7.16. The Morgan fingerprint density at radius 2 is 2.12 bits per heavy atom. The maximum atomic E-state index is 5.98. The molecule has 7 nitrogen and oxygen atoms in total. The van der Waals surface area contributed by atoms with Crippen LogP contribution in [-0.4, -0.2) is 38.0 Å². The van der Waals surface area contributed by atoms with Crippen LogP contribution >= 0.6 is 0 Å². The highest BCUT2D eigenvalue weighted by Gasteiger charge is 2.30. The molecule has 0 saturated heterocycles. The largest absolute Gasteiger partial charge is 0.472 e. The topological polar surface area (TPSA) is 69.2 Å². The number of ether oxygens (including phenoxy) is 1. The van der Waals surface area contributed by atoms with Crippen molar-refractivity contribution >= 4 is 0 Å². The average Bonchev–Trinajstić information content (AvgIpc) is 3.26.